The van der Waals surface area contributed by atoms with Crippen molar-refractivity contribution in [1.29, 1.82) is 0 Å². The minimum atomic E-state index is -4.13. The minimum Gasteiger partial charge on any atom is -0.354 e. The van der Waals surface area contributed by atoms with Crippen LogP contribution in [-0.2, 0) is 26.2 Å². The van der Waals surface area contributed by atoms with Crippen molar-refractivity contribution in [3.63, 3.8) is 0 Å². The molecule has 1 N–H and O–H groups in total. The van der Waals surface area contributed by atoms with Gasteiger partial charge < -0.3 is 10.2 Å². The maximum Gasteiger partial charge on any atom is 0.264 e. The summed E-state index contributed by atoms with van der Waals surface area (Å²) < 4.78 is 42.6. The Bertz CT molecular complexity index is 1390. The summed E-state index contributed by atoms with van der Waals surface area (Å²) in [6.07, 6.45) is 2.02. The molecule has 0 unspecified atom stereocenters. The summed E-state index contributed by atoms with van der Waals surface area (Å²) >= 11 is 0. The van der Waals surface area contributed by atoms with E-state index >= 15 is 0 Å². The van der Waals surface area contributed by atoms with Crippen molar-refractivity contribution < 1.29 is 22.4 Å². The molecule has 40 heavy (non-hydrogen) atoms. The number of hydrogen-bond donors (Lipinski definition) is 1. The Morgan fingerprint density at radius 3 is 2.17 bits per heavy atom. The van der Waals surface area contributed by atoms with Crippen LogP contribution in [0.25, 0.3) is 0 Å². The molecular weight excluding hydrogens is 529 g/mol. The molecule has 0 aromatic heterocycles. The highest BCUT2D eigenvalue weighted by Crippen LogP contribution is 2.27. The molecule has 3 aromatic rings. The SMILES string of the molecule is CCCCNC(=O)[C@@H](CC)N(Cc1ccc(F)cc1)C(=O)CN(c1ccccc1C)S(=O)(=O)c1ccc(C)cc1. The number of para-hydroxylation sites is 1. The van der Waals surface area contributed by atoms with Crippen molar-refractivity contribution in [1.82, 2.24) is 10.2 Å². The fourth-order valence-electron chi connectivity index (χ4n) is 4.41. The van der Waals surface area contributed by atoms with E-state index in [1.807, 2.05) is 13.8 Å². The highest BCUT2D eigenvalue weighted by molar-refractivity contribution is 7.92. The first-order valence-corrected chi connectivity index (χ1v) is 15.0. The van der Waals surface area contributed by atoms with Gasteiger partial charge in [-0.2, -0.15) is 0 Å². The molecule has 1 atom stereocenters. The Morgan fingerprint density at radius 2 is 1.57 bits per heavy atom. The van der Waals surface area contributed by atoms with Gasteiger partial charge in [-0.1, -0.05) is 68.3 Å². The molecule has 3 aromatic carbocycles. The molecule has 0 aliphatic rings. The summed E-state index contributed by atoms with van der Waals surface area (Å²) in [5.41, 5.74) is 2.58. The van der Waals surface area contributed by atoms with Gasteiger partial charge in [0.25, 0.3) is 10.0 Å². The standard InChI is InChI=1S/C31H38FN3O4S/c1-5-7-20-33-31(37)28(6-2)34(21-25-14-16-26(32)17-15-25)30(36)22-35(29-11-9-8-10-24(29)4)40(38,39)27-18-12-23(3)13-19-27/h8-19,28H,5-7,20-22H2,1-4H3,(H,33,37)/t28-/m1/s1. The van der Waals surface area contributed by atoms with Crippen LogP contribution in [0.2, 0.25) is 0 Å². The fourth-order valence-corrected chi connectivity index (χ4v) is 5.88. The second-order valence-electron chi connectivity index (χ2n) is 9.83. The number of nitrogens with zero attached hydrogens (tertiary/aromatic N) is 2. The van der Waals surface area contributed by atoms with Gasteiger partial charge in [0.2, 0.25) is 11.8 Å². The van der Waals surface area contributed by atoms with Gasteiger partial charge >= 0.3 is 0 Å². The summed E-state index contributed by atoms with van der Waals surface area (Å²) in [5, 5.41) is 2.90. The maximum atomic E-state index is 14.0. The number of rotatable bonds is 13. The maximum absolute atomic E-state index is 14.0. The van der Waals surface area contributed by atoms with Crippen LogP contribution in [0.3, 0.4) is 0 Å². The number of anilines is 1. The Morgan fingerprint density at radius 1 is 0.925 bits per heavy atom. The normalized spacial score (nSPS) is 12.0. The average molecular weight is 568 g/mol. The highest BCUT2D eigenvalue weighted by atomic mass is 32.2. The number of aryl methyl sites for hydroxylation is 2. The zero-order chi connectivity index (χ0) is 29.3. The van der Waals surface area contributed by atoms with Crippen molar-refractivity contribution in [2.24, 2.45) is 0 Å². The van der Waals surface area contributed by atoms with E-state index in [4.69, 9.17) is 0 Å². The largest absolute Gasteiger partial charge is 0.354 e. The molecule has 0 bridgehead atoms. The van der Waals surface area contributed by atoms with Crippen LogP contribution in [0.5, 0.6) is 0 Å². The van der Waals surface area contributed by atoms with Crippen LogP contribution >= 0.6 is 0 Å². The van der Waals surface area contributed by atoms with Crippen molar-refractivity contribution in [3.8, 4) is 0 Å². The predicted octanol–water partition coefficient (Wildman–Crippen LogP) is 5.36. The quantitative estimate of drug-likeness (QED) is 0.282. The van der Waals surface area contributed by atoms with Crippen molar-refractivity contribution in [2.75, 3.05) is 17.4 Å². The minimum absolute atomic E-state index is 0.0189. The summed E-state index contributed by atoms with van der Waals surface area (Å²) in [7, 11) is -4.13. The first-order valence-electron chi connectivity index (χ1n) is 13.5. The van der Waals surface area contributed by atoms with Gasteiger partial charge in [0, 0.05) is 13.1 Å². The first kappa shape index (κ1) is 30.8. The predicted molar refractivity (Wildman–Crippen MR) is 156 cm³/mol. The average Bonchev–Trinajstić information content (AvgIpc) is 2.93. The van der Waals surface area contributed by atoms with E-state index in [0.29, 0.717) is 29.8 Å². The Kier molecular flexibility index (Phi) is 10.8. The van der Waals surface area contributed by atoms with Gasteiger partial charge in [0.05, 0.1) is 10.6 Å². The monoisotopic (exact) mass is 567 g/mol. The second-order valence-corrected chi connectivity index (χ2v) is 11.7. The molecule has 0 aliphatic carbocycles. The van der Waals surface area contributed by atoms with Gasteiger partial charge in [-0.3, -0.25) is 13.9 Å². The smallest absolute Gasteiger partial charge is 0.264 e. The third kappa shape index (κ3) is 7.69. The molecule has 214 valence electrons. The number of carbonyl (C=O) groups excluding carboxylic acids is 2. The van der Waals surface area contributed by atoms with Crippen LogP contribution in [0.15, 0.2) is 77.7 Å². The molecule has 0 radical (unpaired) electrons. The number of unbranched alkanes of at least 4 members (excludes halogenated alkanes) is 1. The number of benzene rings is 3. The molecule has 0 heterocycles. The number of hydrogen-bond acceptors (Lipinski definition) is 4. The Balaban J connectivity index is 2.04. The van der Waals surface area contributed by atoms with Gasteiger partial charge in [-0.25, -0.2) is 12.8 Å². The number of amides is 2. The fraction of sp³-hybridized carbons (Fsp3) is 0.355. The topological polar surface area (TPSA) is 86.8 Å². The lowest BCUT2D eigenvalue weighted by Gasteiger charge is -2.33. The van der Waals surface area contributed by atoms with Crippen LogP contribution in [0.4, 0.5) is 10.1 Å². The lowest BCUT2D eigenvalue weighted by molar-refractivity contribution is -0.140. The summed E-state index contributed by atoms with van der Waals surface area (Å²) in [5.74, 6) is -1.27. The molecule has 0 saturated carbocycles. The van der Waals surface area contributed by atoms with E-state index in [1.54, 1.807) is 62.4 Å². The molecule has 7 nitrogen and oxygen atoms in total. The first-order chi connectivity index (χ1) is 19.1. The molecule has 0 saturated heterocycles. The molecule has 9 heteroatoms. The van der Waals surface area contributed by atoms with Gasteiger partial charge in [0.15, 0.2) is 0 Å². The number of nitrogens with one attached hydrogen (secondary N) is 1. The number of sulfonamides is 1. The van der Waals surface area contributed by atoms with Crippen molar-refractivity contribution >= 4 is 27.5 Å². The third-order valence-corrected chi connectivity index (χ3v) is 8.53. The zero-order valence-corrected chi connectivity index (χ0v) is 24.4. The molecule has 0 spiro atoms. The van der Waals surface area contributed by atoms with Gasteiger partial charge in [-0.05, 0) is 68.1 Å². The van der Waals surface area contributed by atoms with E-state index in [2.05, 4.69) is 5.32 Å². The molecule has 0 aliphatic heterocycles. The van der Waals surface area contributed by atoms with E-state index in [9.17, 15) is 22.4 Å². The molecule has 0 fully saturated rings. The Hall–Kier alpha value is -3.72. The molecule has 2 amide bonds. The zero-order valence-electron chi connectivity index (χ0n) is 23.6. The third-order valence-electron chi connectivity index (χ3n) is 6.75. The van der Waals surface area contributed by atoms with Gasteiger partial charge in [0.1, 0.15) is 18.4 Å². The summed E-state index contributed by atoms with van der Waals surface area (Å²) in [6.45, 7) is 7.44. The van der Waals surface area contributed by atoms with Crippen LogP contribution in [0, 0.1) is 19.7 Å². The van der Waals surface area contributed by atoms with Crippen molar-refractivity contribution in [2.45, 2.75) is 64.4 Å². The van der Waals surface area contributed by atoms with E-state index in [0.717, 1.165) is 22.7 Å². The highest BCUT2D eigenvalue weighted by Gasteiger charge is 2.34. The summed E-state index contributed by atoms with van der Waals surface area (Å²) in [4.78, 5) is 28.7. The van der Waals surface area contributed by atoms with Crippen LogP contribution in [-0.4, -0.2) is 44.3 Å². The summed E-state index contributed by atoms with van der Waals surface area (Å²) in [6, 6.07) is 18.3. The van der Waals surface area contributed by atoms with Gasteiger partial charge in [-0.15, -0.1) is 0 Å². The van der Waals surface area contributed by atoms with E-state index in [-0.39, 0.29) is 17.3 Å². The second kappa shape index (κ2) is 14.1. The lowest BCUT2D eigenvalue weighted by Crippen LogP contribution is -2.52. The number of halogens is 1. The van der Waals surface area contributed by atoms with E-state index in [1.165, 1.54) is 29.2 Å². The molecular formula is C31H38FN3O4S. The Labute approximate surface area is 237 Å². The van der Waals surface area contributed by atoms with E-state index < -0.39 is 34.3 Å². The molecule has 3 rings (SSSR count). The number of carbonyl (C=O) groups is 2. The van der Waals surface area contributed by atoms with Crippen LogP contribution in [0.1, 0.15) is 49.8 Å². The van der Waals surface area contributed by atoms with Crippen molar-refractivity contribution in [3.05, 3.63) is 95.3 Å². The lowest BCUT2D eigenvalue weighted by atomic mass is 10.1. The van der Waals surface area contributed by atoms with Crippen LogP contribution < -0.4 is 9.62 Å².